The van der Waals surface area contributed by atoms with Crippen LogP contribution < -0.4 is 0 Å². The maximum atomic E-state index is 10.9. The van der Waals surface area contributed by atoms with Gasteiger partial charge in [-0.3, -0.25) is 0 Å². The maximum Gasteiger partial charge on any atom is 0.130 e. The van der Waals surface area contributed by atoms with Crippen LogP contribution in [0.5, 0.6) is 0 Å². The first-order valence-corrected chi connectivity index (χ1v) is 6.14. The first-order chi connectivity index (χ1) is 8.25. The van der Waals surface area contributed by atoms with Crippen LogP contribution in [0.4, 0.5) is 0 Å². The first-order valence-electron chi connectivity index (χ1n) is 6.14. The van der Waals surface area contributed by atoms with E-state index in [0.29, 0.717) is 18.8 Å². The molecule has 4 nitrogen and oxygen atoms in total. The summed E-state index contributed by atoms with van der Waals surface area (Å²) in [6.45, 7) is 3.23. The summed E-state index contributed by atoms with van der Waals surface area (Å²) in [5.74, 6) is 1.46. The van der Waals surface area contributed by atoms with Crippen molar-refractivity contribution in [3.05, 3.63) is 23.8 Å². The van der Waals surface area contributed by atoms with Gasteiger partial charge in [-0.25, -0.2) is 9.97 Å². The molecule has 0 aliphatic carbocycles. The van der Waals surface area contributed by atoms with Crippen molar-refractivity contribution < 1.29 is 9.53 Å². The molecular weight excluding hydrogens is 216 g/mol. The Morgan fingerprint density at radius 3 is 2.94 bits per heavy atom. The van der Waals surface area contributed by atoms with Crippen LogP contribution in [0.1, 0.15) is 43.6 Å². The Morgan fingerprint density at radius 2 is 2.24 bits per heavy atom. The van der Waals surface area contributed by atoms with Crippen LogP contribution in [-0.2, 0) is 16.0 Å². The second-order valence-electron chi connectivity index (χ2n) is 4.49. The van der Waals surface area contributed by atoms with Crippen LogP contribution in [0, 0.1) is 0 Å². The predicted octanol–water partition coefficient (Wildman–Crippen LogP) is 1.89. The number of hydrogen-bond donors (Lipinski definition) is 0. The van der Waals surface area contributed by atoms with Crippen molar-refractivity contribution in [3.8, 4) is 0 Å². The number of hydrogen-bond acceptors (Lipinski definition) is 4. The van der Waals surface area contributed by atoms with Crippen molar-refractivity contribution in [1.29, 1.82) is 0 Å². The highest BCUT2D eigenvalue weighted by Crippen LogP contribution is 2.24. The monoisotopic (exact) mass is 234 g/mol. The molecule has 17 heavy (non-hydrogen) atoms. The predicted molar refractivity (Wildman–Crippen MR) is 63.8 cm³/mol. The highest BCUT2D eigenvalue weighted by Gasteiger charge is 2.17. The van der Waals surface area contributed by atoms with Crippen LogP contribution in [-0.4, -0.2) is 29.0 Å². The van der Waals surface area contributed by atoms with E-state index in [1.807, 2.05) is 6.07 Å². The van der Waals surface area contributed by atoms with Crippen molar-refractivity contribution in [2.45, 2.75) is 38.5 Å². The molecule has 0 atom stereocenters. The van der Waals surface area contributed by atoms with E-state index in [-0.39, 0.29) is 5.78 Å². The summed E-state index contributed by atoms with van der Waals surface area (Å²) in [6.07, 6.45) is 5.03. The summed E-state index contributed by atoms with van der Waals surface area (Å²) >= 11 is 0. The van der Waals surface area contributed by atoms with E-state index in [0.717, 1.165) is 37.6 Å². The summed E-state index contributed by atoms with van der Waals surface area (Å²) < 4.78 is 5.34. The maximum absolute atomic E-state index is 10.9. The standard InChI is InChI=1S/C13H18N2O2/c1-10(16)2-3-13-14-7-4-12(15-13)11-5-8-17-9-6-11/h4,7,11H,2-3,5-6,8-9H2,1H3. The lowest BCUT2D eigenvalue weighted by Gasteiger charge is -2.21. The van der Waals surface area contributed by atoms with E-state index in [2.05, 4.69) is 9.97 Å². The van der Waals surface area contributed by atoms with Crippen molar-refractivity contribution in [1.82, 2.24) is 9.97 Å². The average molecular weight is 234 g/mol. The lowest BCUT2D eigenvalue weighted by Crippen LogP contribution is -2.16. The van der Waals surface area contributed by atoms with Gasteiger partial charge in [-0.1, -0.05) is 0 Å². The second kappa shape index (κ2) is 5.87. The van der Waals surface area contributed by atoms with Crippen LogP contribution in [0.15, 0.2) is 12.3 Å². The van der Waals surface area contributed by atoms with Crippen LogP contribution in [0.2, 0.25) is 0 Å². The number of Topliss-reactive ketones (excluding diaryl/α,β-unsaturated/α-hetero) is 1. The molecule has 4 heteroatoms. The molecule has 1 aromatic heterocycles. The van der Waals surface area contributed by atoms with Crippen molar-refractivity contribution >= 4 is 5.78 Å². The molecule has 92 valence electrons. The molecule has 1 aromatic rings. The number of carbonyl (C=O) groups is 1. The summed E-state index contributed by atoms with van der Waals surface area (Å²) in [7, 11) is 0. The molecule has 1 saturated heterocycles. The fourth-order valence-corrected chi connectivity index (χ4v) is 2.04. The van der Waals surface area contributed by atoms with E-state index < -0.39 is 0 Å². The fraction of sp³-hybridized carbons (Fsp3) is 0.615. The highest BCUT2D eigenvalue weighted by atomic mass is 16.5. The molecular formula is C13H18N2O2. The third kappa shape index (κ3) is 3.60. The fourth-order valence-electron chi connectivity index (χ4n) is 2.04. The first kappa shape index (κ1) is 12.2. The van der Waals surface area contributed by atoms with Crippen LogP contribution in [0.25, 0.3) is 0 Å². The van der Waals surface area contributed by atoms with Gasteiger partial charge in [-0.2, -0.15) is 0 Å². The van der Waals surface area contributed by atoms with Gasteiger partial charge in [0.2, 0.25) is 0 Å². The van der Waals surface area contributed by atoms with Crippen LogP contribution >= 0.6 is 0 Å². The minimum Gasteiger partial charge on any atom is -0.381 e. The molecule has 0 amide bonds. The van der Waals surface area contributed by atoms with Gasteiger partial charge in [-0.15, -0.1) is 0 Å². The quantitative estimate of drug-likeness (QED) is 0.798. The largest absolute Gasteiger partial charge is 0.381 e. The van der Waals surface area contributed by atoms with Crippen molar-refractivity contribution in [3.63, 3.8) is 0 Å². The molecule has 0 saturated carbocycles. The van der Waals surface area contributed by atoms with Gasteiger partial charge in [-0.05, 0) is 25.8 Å². The topological polar surface area (TPSA) is 52.1 Å². The molecule has 0 unspecified atom stereocenters. The van der Waals surface area contributed by atoms with Gasteiger partial charge in [0.1, 0.15) is 11.6 Å². The van der Waals surface area contributed by atoms with E-state index in [1.165, 1.54) is 0 Å². The number of aromatic nitrogens is 2. The van der Waals surface area contributed by atoms with Gasteiger partial charge in [0.25, 0.3) is 0 Å². The lowest BCUT2D eigenvalue weighted by molar-refractivity contribution is -0.117. The zero-order valence-corrected chi connectivity index (χ0v) is 10.2. The van der Waals surface area contributed by atoms with Gasteiger partial charge in [0.15, 0.2) is 0 Å². The number of ether oxygens (including phenoxy) is 1. The molecule has 2 heterocycles. The molecule has 1 aliphatic rings. The second-order valence-corrected chi connectivity index (χ2v) is 4.49. The molecule has 0 aromatic carbocycles. The average Bonchev–Trinajstić information content (AvgIpc) is 2.38. The SMILES string of the molecule is CC(=O)CCc1nccc(C2CCOCC2)n1. The third-order valence-corrected chi connectivity index (χ3v) is 3.07. The Bertz CT molecular complexity index is 387. The number of nitrogens with zero attached hydrogens (tertiary/aromatic N) is 2. The Kier molecular flexibility index (Phi) is 4.20. The van der Waals surface area contributed by atoms with E-state index >= 15 is 0 Å². The third-order valence-electron chi connectivity index (χ3n) is 3.07. The normalized spacial score (nSPS) is 17.0. The van der Waals surface area contributed by atoms with Gasteiger partial charge >= 0.3 is 0 Å². The molecule has 2 rings (SSSR count). The Balaban J connectivity index is 2.02. The molecule has 1 fully saturated rings. The number of rotatable bonds is 4. The van der Waals surface area contributed by atoms with Crippen molar-refractivity contribution in [2.24, 2.45) is 0 Å². The lowest BCUT2D eigenvalue weighted by atomic mass is 9.96. The number of ketones is 1. The molecule has 1 aliphatic heterocycles. The molecule has 0 bridgehead atoms. The van der Waals surface area contributed by atoms with Crippen LogP contribution in [0.3, 0.4) is 0 Å². The minimum atomic E-state index is 0.185. The zero-order valence-electron chi connectivity index (χ0n) is 10.2. The number of aryl methyl sites for hydroxylation is 1. The van der Waals surface area contributed by atoms with E-state index in [9.17, 15) is 4.79 Å². The van der Waals surface area contributed by atoms with E-state index in [4.69, 9.17) is 4.74 Å². The highest BCUT2D eigenvalue weighted by molar-refractivity contribution is 5.75. The summed E-state index contributed by atoms with van der Waals surface area (Å²) in [4.78, 5) is 19.7. The Labute approximate surface area is 101 Å². The molecule has 0 radical (unpaired) electrons. The number of carbonyl (C=O) groups excluding carboxylic acids is 1. The molecule has 0 N–H and O–H groups in total. The van der Waals surface area contributed by atoms with Gasteiger partial charge in [0, 0.05) is 43.9 Å². The summed E-state index contributed by atoms with van der Waals surface area (Å²) in [5, 5.41) is 0. The zero-order chi connectivity index (χ0) is 12.1. The van der Waals surface area contributed by atoms with Crippen molar-refractivity contribution in [2.75, 3.05) is 13.2 Å². The smallest absolute Gasteiger partial charge is 0.130 e. The van der Waals surface area contributed by atoms with Gasteiger partial charge in [0.05, 0.1) is 0 Å². The molecule has 0 spiro atoms. The summed E-state index contributed by atoms with van der Waals surface area (Å²) in [6, 6.07) is 1.98. The van der Waals surface area contributed by atoms with E-state index in [1.54, 1.807) is 13.1 Å². The summed E-state index contributed by atoms with van der Waals surface area (Å²) in [5.41, 5.74) is 1.10. The Hall–Kier alpha value is -1.29. The Morgan fingerprint density at radius 1 is 1.47 bits per heavy atom. The van der Waals surface area contributed by atoms with Gasteiger partial charge < -0.3 is 9.53 Å². The minimum absolute atomic E-state index is 0.185.